The molecular formula is C10H13FN2O. The molecule has 0 radical (unpaired) electrons. The number of amides is 1. The zero-order chi connectivity index (χ0) is 10.6. The van der Waals surface area contributed by atoms with Crippen LogP contribution in [0.25, 0.3) is 0 Å². The lowest BCUT2D eigenvalue weighted by atomic mass is 10.2. The summed E-state index contributed by atoms with van der Waals surface area (Å²) < 4.78 is 12.8. The zero-order valence-electron chi connectivity index (χ0n) is 8.01. The normalized spacial score (nSPS) is 9.86. The van der Waals surface area contributed by atoms with Crippen LogP contribution in [0.1, 0.15) is 19.8 Å². The summed E-state index contributed by atoms with van der Waals surface area (Å²) in [7, 11) is 0. The van der Waals surface area contributed by atoms with E-state index in [-0.39, 0.29) is 5.91 Å². The van der Waals surface area contributed by atoms with Crippen LogP contribution in [0.3, 0.4) is 0 Å². The number of rotatable bonds is 3. The number of hydrogen-bond acceptors (Lipinski definition) is 2. The Balaban J connectivity index is 2.75. The quantitative estimate of drug-likeness (QED) is 0.728. The standard InChI is InChI=1S/C10H13FN2O/c1-2-3-10(14)13-9-6-7(11)4-5-8(9)12/h4-6H,2-3,12H2,1H3,(H,13,14). The van der Waals surface area contributed by atoms with Gasteiger partial charge < -0.3 is 11.1 Å². The molecule has 76 valence electrons. The second-order valence-corrected chi connectivity index (χ2v) is 3.03. The molecule has 1 aromatic carbocycles. The van der Waals surface area contributed by atoms with E-state index in [1.165, 1.54) is 18.2 Å². The maximum Gasteiger partial charge on any atom is 0.224 e. The summed E-state index contributed by atoms with van der Waals surface area (Å²) >= 11 is 0. The molecule has 1 rings (SSSR count). The molecular weight excluding hydrogens is 183 g/mol. The number of carbonyl (C=O) groups is 1. The maximum absolute atomic E-state index is 12.8. The maximum atomic E-state index is 12.8. The Hall–Kier alpha value is -1.58. The van der Waals surface area contributed by atoms with E-state index < -0.39 is 5.82 Å². The van der Waals surface area contributed by atoms with Crippen LogP contribution in [-0.4, -0.2) is 5.91 Å². The van der Waals surface area contributed by atoms with Gasteiger partial charge in [-0.25, -0.2) is 4.39 Å². The minimum Gasteiger partial charge on any atom is -0.397 e. The molecule has 0 aliphatic heterocycles. The largest absolute Gasteiger partial charge is 0.397 e. The minimum absolute atomic E-state index is 0.148. The van der Waals surface area contributed by atoms with E-state index in [9.17, 15) is 9.18 Å². The average molecular weight is 196 g/mol. The van der Waals surface area contributed by atoms with E-state index in [2.05, 4.69) is 5.32 Å². The van der Waals surface area contributed by atoms with Crippen molar-refractivity contribution in [2.75, 3.05) is 11.1 Å². The van der Waals surface area contributed by atoms with Crippen molar-refractivity contribution >= 4 is 17.3 Å². The average Bonchev–Trinajstić information content (AvgIpc) is 2.12. The second kappa shape index (κ2) is 4.60. The van der Waals surface area contributed by atoms with Crippen molar-refractivity contribution in [2.45, 2.75) is 19.8 Å². The summed E-state index contributed by atoms with van der Waals surface area (Å²) in [5, 5.41) is 2.55. The predicted molar refractivity (Wildman–Crippen MR) is 54.4 cm³/mol. The van der Waals surface area contributed by atoms with Crippen LogP contribution >= 0.6 is 0 Å². The van der Waals surface area contributed by atoms with Gasteiger partial charge in [-0.2, -0.15) is 0 Å². The molecule has 0 fully saturated rings. The van der Waals surface area contributed by atoms with Gasteiger partial charge in [0.25, 0.3) is 0 Å². The first kappa shape index (κ1) is 10.5. The van der Waals surface area contributed by atoms with Crippen molar-refractivity contribution in [2.24, 2.45) is 0 Å². The fourth-order valence-corrected chi connectivity index (χ4v) is 1.08. The number of carbonyl (C=O) groups excluding carboxylic acids is 1. The monoisotopic (exact) mass is 196 g/mol. The topological polar surface area (TPSA) is 55.1 Å². The smallest absolute Gasteiger partial charge is 0.224 e. The van der Waals surface area contributed by atoms with Crippen molar-refractivity contribution < 1.29 is 9.18 Å². The first-order chi connectivity index (χ1) is 6.63. The first-order valence-electron chi connectivity index (χ1n) is 4.48. The van der Waals surface area contributed by atoms with Crippen LogP contribution in [0.15, 0.2) is 18.2 Å². The Morgan fingerprint density at radius 1 is 1.57 bits per heavy atom. The molecule has 0 aliphatic rings. The molecule has 3 nitrogen and oxygen atoms in total. The number of nitrogen functional groups attached to an aromatic ring is 1. The third-order valence-corrected chi connectivity index (χ3v) is 1.77. The molecule has 1 aromatic rings. The molecule has 4 heteroatoms. The van der Waals surface area contributed by atoms with E-state index in [1.807, 2.05) is 6.92 Å². The number of nitrogens with one attached hydrogen (secondary N) is 1. The molecule has 0 aliphatic carbocycles. The summed E-state index contributed by atoms with van der Waals surface area (Å²) in [6.07, 6.45) is 1.16. The van der Waals surface area contributed by atoms with E-state index in [1.54, 1.807) is 0 Å². The van der Waals surface area contributed by atoms with Crippen LogP contribution in [-0.2, 0) is 4.79 Å². The molecule has 3 N–H and O–H groups in total. The Kier molecular flexibility index (Phi) is 3.45. The third-order valence-electron chi connectivity index (χ3n) is 1.77. The lowest BCUT2D eigenvalue weighted by Crippen LogP contribution is -2.12. The Morgan fingerprint density at radius 2 is 2.29 bits per heavy atom. The molecule has 14 heavy (non-hydrogen) atoms. The van der Waals surface area contributed by atoms with Gasteiger partial charge in [-0.1, -0.05) is 6.92 Å². The van der Waals surface area contributed by atoms with Gasteiger partial charge in [0.2, 0.25) is 5.91 Å². The van der Waals surface area contributed by atoms with E-state index in [4.69, 9.17) is 5.73 Å². The molecule has 1 amide bonds. The Morgan fingerprint density at radius 3 is 2.93 bits per heavy atom. The van der Waals surface area contributed by atoms with Crippen molar-refractivity contribution in [1.29, 1.82) is 0 Å². The Bertz CT molecular complexity index is 339. The molecule has 0 spiro atoms. The van der Waals surface area contributed by atoms with Crippen molar-refractivity contribution in [3.8, 4) is 0 Å². The molecule has 0 aromatic heterocycles. The predicted octanol–water partition coefficient (Wildman–Crippen LogP) is 2.15. The van der Waals surface area contributed by atoms with E-state index in [0.29, 0.717) is 17.8 Å². The highest BCUT2D eigenvalue weighted by Crippen LogP contribution is 2.19. The minimum atomic E-state index is -0.411. The highest BCUT2D eigenvalue weighted by molar-refractivity contribution is 5.93. The first-order valence-corrected chi connectivity index (χ1v) is 4.48. The van der Waals surface area contributed by atoms with Crippen LogP contribution < -0.4 is 11.1 Å². The van der Waals surface area contributed by atoms with Gasteiger partial charge >= 0.3 is 0 Å². The number of nitrogens with two attached hydrogens (primary N) is 1. The van der Waals surface area contributed by atoms with Crippen molar-refractivity contribution in [3.05, 3.63) is 24.0 Å². The highest BCUT2D eigenvalue weighted by Gasteiger charge is 2.04. The fourth-order valence-electron chi connectivity index (χ4n) is 1.08. The van der Waals surface area contributed by atoms with Crippen molar-refractivity contribution in [3.63, 3.8) is 0 Å². The van der Waals surface area contributed by atoms with Gasteiger partial charge in [0.05, 0.1) is 11.4 Å². The lowest BCUT2D eigenvalue weighted by molar-refractivity contribution is -0.116. The molecule has 0 saturated heterocycles. The number of benzene rings is 1. The fraction of sp³-hybridized carbons (Fsp3) is 0.300. The van der Waals surface area contributed by atoms with Crippen LogP contribution in [0.5, 0.6) is 0 Å². The summed E-state index contributed by atoms with van der Waals surface area (Å²) in [4.78, 5) is 11.2. The van der Waals surface area contributed by atoms with Gasteiger partial charge in [-0.05, 0) is 24.6 Å². The molecule has 0 unspecified atom stereocenters. The molecule has 0 bridgehead atoms. The summed E-state index contributed by atoms with van der Waals surface area (Å²) in [5.74, 6) is -0.559. The third kappa shape index (κ3) is 2.73. The molecule has 0 heterocycles. The van der Waals surface area contributed by atoms with Crippen molar-refractivity contribution in [1.82, 2.24) is 0 Å². The summed E-state index contributed by atoms with van der Waals surface area (Å²) in [6.45, 7) is 1.90. The van der Waals surface area contributed by atoms with Crippen LogP contribution in [0, 0.1) is 5.82 Å². The number of anilines is 2. The van der Waals surface area contributed by atoms with Crippen LogP contribution in [0.4, 0.5) is 15.8 Å². The second-order valence-electron chi connectivity index (χ2n) is 3.03. The zero-order valence-corrected chi connectivity index (χ0v) is 8.01. The van der Waals surface area contributed by atoms with Gasteiger partial charge in [0.15, 0.2) is 0 Å². The Labute approximate surface area is 82.1 Å². The summed E-state index contributed by atoms with van der Waals surface area (Å²) in [5.41, 5.74) is 6.26. The van der Waals surface area contributed by atoms with Gasteiger partial charge in [-0.15, -0.1) is 0 Å². The van der Waals surface area contributed by atoms with Crippen LogP contribution in [0.2, 0.25) is 0 Å². The van der Waals surface area contributed by atoms with Gasteiger partial charge in [0.1, 0.15) is 5.82 Å². The molecule has 0 saturated carbocycles. The van der Waals surface area contributed by atoms with Gasteiger partial charge in [-0.3, -0.25) is 4.79 Å². The number of halogens is 1. The number of hydrogen-bond donors (Lipinski definition) is 2. The highest BCUT2D eigenvalue weighted by atomic mass is 19.1. The van der Waals surface area contributed by atoms with Gasteiger partial charge in [0, 0.05) is 6.42 Å². The van der Waals surface area contributed by atoms with E-state index >= 15 is 0 Å². The van der Waals surface area contributed by atoms with E-state index in [0.717, 1.165) is 6.42 Å². The SMILES string of the molecule is CCCC(=O)Nc1cc(F)ccc1N. The molecule has 0 atom stereocenters. The lowest BCUT2D eigenvalue weighted by Gasteiger charge is -2.07. The summed E-state index contributed by atoms with van der Waals surface area (Å²) in [6, 6.07) is 3.89.